The van der Waals surface area contributed by atoms with Crippen molar-refractivity contribution in [2.24, 2.45) is 5.73 Å². The first-order chi connectivity index (χ1) is 7.90. The summed E-state index contributed by atoms with van der Waals surface area (Å²) in [7, 11) is 0. The first kappa shape index (κ1) is 13.5. The van der Waals surface area contributed by atoms with Crippen LogP contribution in [-0.4, -0.2) is 23.0 Å². The van der Waals surface area contributed by atoms with E-state index in [4.69, 9.17) is 22.4 Å². The molecule has 0 aromatic heterocycles. The third kappa shape index (κ3) is 4.05. The zero-order valence-electron chi connectivity index (χ0n) is 9.24. The minimum absolute atomic E-state index is 0.0606. The van der Waals surface area contributed by atoms with Gasteiger partial charge < -0.3 is 16.2 Å². The minimum Gasteiger partial charge on any atom is -0.478 e. The molecule has 17 heavy (non-hydrogen) atoms. The van der Waals surface area contributed by atoms with E-state index in [-0.39, 0.29) is 34.6 Å². The Balaban J connectivity index is 2.86. The molecule has 0 heterocycles. The smallest absolute Gasteiger partial charge is 0.335 e. The van der Waals surface area contributed by atoms with Crippen LogP contribution in [0.2, 0.25) is 5.02 Å². The van der Waals surface area contributed by atoms with Crippen LogP contribution in [0.3, 0.4) is 0 Å². The summed E-state index contributed by atoms with van der Waals surface area (Å²) in [5.41, 5.74) is 5.81. The van der Waals surface area contributed by atoms with Crippen molar-refractivity contribution >= 4 is 29.2 Å². The van der Waals surface area contributed by atoms with E-state index < -0.39 is 5.97 Å². The van der Waals surface area contributed by atoms with Gasteiger partial charge in [0.2, 0.25) is 5.91 Å². The summed E-state index contributed by atoms with van der Waals surface area (Å²) in [6.45, 7) is 1.70. The Morgan fingerprint density at radius 1 is 1.53 bits per heavy atom. The van der Waals surface area contributed by atoms with Crippen molar-refractivity contribution in [2.75, 3.05) is 5.32 Å². The number of anilines is 1. The molecule has 1 atom stereocenters. The highest BCUT2D eigenvalue weighted by molar-refractivity contribution is 6.33. The molecule has 6 heteroatoms. The van der Waals surface area contributed by atoms with Crippen molar-refractivity contribution in [2.45, 2.75) is 19.4 Å². The van der Waals surface area contributed by atoms with Gasteiger partial charge in [0.05, 0.1) is 16.3 Å². The number of aromatic carboxylic acids is 1. The van der Waals surface area contributed by atoms with Gasteiger partial charge in [0.25, 0.3) is 0 Å². The Bertz CT molecular complexity index is 446. The molecule has 0 aliphatic rings. The Kier molecular flexibility index (Phi) is 4.48. The maximum atomic E-state index is 11.5. The molecule has 0 saturated heterocycles. The predicted molar refractivity (Wildman–Crippen MR) is 65.3 cm³/mol. The molecule has 0 aliphatic heterocycles. The van der Waals surface area contributed by atoms with Gasteiger partial charge in [-0.05, 0) is 25.1 Å². The number of hydrogen-bond donors (Lipinski definition) is 3. The second kappa shape index (κ2) is 5.65. The second-order valence-corrected chi connectivity index (χ2v) is 4.14. The van der Waals surface area contributed by atoms with Crippen LogP contribution < -0.4 is 11.1 Å². The molecule has 0 saturated carbocycles. The number of carboxylic acid groups (broad SMARTS) is 1. The summed E-state index contributed by atoms with van der Waals surface area (Å²) >= 11 is 5.84. The number of halogens is 1. The minimum atomic E-state index is -1.08. The lowest BCUT2D eigenvalue weighted by atomic mass is 10.2. The van der Waals surface area contributed by atoms with Crippen LogP contribution >= 0.6 is 11.6 Å². The fraction of sp³-hybridized carbons (Fsp3) is 0.273. The summed E-state index contributed by atoms with van der Waals surface area (Å²) in [5.74, 6) is -1.38. The van der Waals surface area contributed by atoms with Crippen molar-refractivity contribution in [3.63, 3.8) is 0 Å². The van der Waals surface area contributed by atoms with E-state index in [1.54, 1.807) is 6.92 Å². The van der Waals surface area contributed by atoms with Crippen LogP contribution in [0.25, 0.3) is 0 Å². The first-order valence-electron chi connectivity index (χ1n) is 4.98. The highest BCUT2D eigenvalue weighted by Crippen LogP contribution is 2.23. The van der Waals surface area contributed by atoms with Gasteiger partial charge in [-0.25, -0.2) is 4.79 Å². The molecule has 0 spiro atoms. The summed E-state index contributed by atoms with van der Waals surface area (Å²) in [6, 6.07) is 3.83. The molecule has 1 aromatic carbocycles. The number of carbonyl (C=O) groups excluding carboxylic acids is 1. The maximum Gasteiger partial charge on any atom is 0.335 e. The largest absolute Gasteiger partial charge is 0.478 e. The zero-order valence-corrected chi connectivity index (χ0v) is 9.99. The topological polar surface area (TPSA) is 92.4 Å². The fourth-order valence-electron chi connectivity index (χ4n) is 1.25. The Labute approximate surface area is 104 Å². The number of amides is 1. The highest BCUT2D eigenvalue weighted by Gasteiger charge is 2.11. The summed E-state index contributed by atoms with van der Waals surface area (Å²) < 4.78 is 0. The zero-order chi connectivity index (χ0) is 13.0. The molecular weight excluding hydrogens is 244 g/mol. The number of carbonyl (C=O) groups is 2. The Morgan fingerprint density at radius 2 is 2.18 bits per heavy atom. The van der Waals surface area contributed by atoms with Gasteiger partial charge >= 0.3 is 5.97 Å². The predicted octanol–water partition coefficient (Wildman–Crippen LogP) is 1.71. The summed E-state index contributed by atoms with van der Waals surface area (Å²) in [6.07, 6.45) is 0.146. The van der Waals surface area contributed by atoms with Gasteiger partial charge in [-0.3, -0.25) is 4.79 Å². The van der Waals surface area contributed by atoms with E-state index >= 15 is 0 Å². The number of benzene rings is 1. The monoisotopic (exact) mass is 256 g/mol. The molecule has 1 rings (SSSR count). The van der Waals surface area contributed by atoms with Gasteiger partial charge in [-0.1, -0.05) is 11.6 Å². The molecule has 4 N–H and O–H groups in total. The number of hydrogen-bond acceptors (Lipinski definition) is 3. The van der Waals surface area contributed by atoms with E-state index in [1.165, 1.54) is 18.2 Å². The molecule has 5 nitrogen and oxygen atoms in total. The molecule has 0 radical (unpaired) electrons. The Hall–Kier alpha value is -1.59. The first-order valence-corrected chi connectivity index (χ1v) is 5.36. The van der Waals surface area contributed by atoms with E-state index in [0.29, 0.717) is 0 Å². The molecule has 0 fully saturated rings. The normalized spacial score (nSPS) is 11.9. The average Bonchev–Trinajstić information content (AvgIpc) is 2.19. The van der Waals surface area contributed by atoms with Gasteiger partial charge in [0.15, 0.2) is 0 Å². The molecule has 0 aliphatic carbocycles. The van der Waals surface area contributed by atoms with Gasteiger partial charge in [-0.2, -0.15) is 0 Å². The van der Waals surface area contributed by atoms with Crippen LogP contribution in [0.4, 0.5) is 5.69 Å². The summed E-state index contributed by atoms with van der Waals surface area (Å²) in [5, 5.41) is 11.6. The molecule has 1 aromatic rings. The SMILES string of the molecule is CC(N)CC(=O)Nc1cc(C(=O)O)ccc1Cl. The van der Waals surface area contributed by atoms with Crippen LogP contribution in [0.1, 0.15) is 23.7 Å². The van der Waals surface area contributed by atoms with E-state index in [1.807, 2.05) is 0 Å². The summed E-state index contributed by atoms with van der Waals surface area (Å²) in [4.78, 5) is 22.2. The highest BCUT2D eigenvalue weighted by atomic mass is 35.5. The standard InChI is InChI=1S/C11H13ClN2O3/c1-6(13)4-10(15)14-9-5-7(11(16)17)2-3-8(9)12/h2-3,5-6H,4,13H2,1H3,(H,14,15)(H,16,17). The Morgan fingerprint density at radius 3 is 2.71 bits per heavy atom. The van der Waals surface area contributed by atoms with Crippen LogP contribution in [0, 0.1) is 0 Å². The van der Waals surface area contributed by atoms with Crippen LogP contribution in [0.15, 0.2) is 18.2 Å². The second-order valence-electron chi connectivity index (χ2n) is 3.73. The van der Waals surface area contributed by atoms with Crippen molar-refractivity contribution in [1.29, 1.82) is 0 Å². The van der Waals surface area contributed by atoms with E-state index in [0.717, 1.165) is 0 Å². The maximum absolute atomic E-state index is 11.5. The molecule has 1 unspecified atom stereocenters. The van der Waals surface area contributed by atoms with Crippen molar-refractivity contribution < 1.29 is 14.7 Å². The molecule has 1 amide bonds. The van der Waals surface area contributed by atoms with Gasteiger partial charge in [0.1, 0.15) is 0 Å². The van der Waals surface area contributed by atoms with E-state index in [9.17, 15) is 9.59 Å². The van der Waals surface area contributed by atoms with Gasteiger partial charge in [-0.15, -0.1) is 0 Å². The number of nitrogens with two attached hydrogens (primary N) is 1. The van der Waals surface area contributed by atoms with Crippen molar-refractivity contribution in [1.82, 2.24) is 0 Å². The van der Waals surface area contributed by atoms with Crippen molar-refractivity contribution in [3.8, 4) is 0 Å². The van der Waals surface area contributed by atoms with Gasteiger partial charge in [0, 0.05) is 12.5 Å². The quantitative estimate of drug-likeness (QED) is 0.765. The molecular formula is C11H13ClN2O3. The van der Waals surface area contributed by atoms with Crippen LogP contribution in [-0.2, 0) is 4.79 Å². The molecule has 92 valence electrons. The lowest BCUT2D eigenvalue weighted by molar-refractivity contribution is -0.116. The number of nitrogens with one attached hydrogen (secondary N) is 1. The average molecular weight is 257 g/mol. The van der Waals surface area contributed by atoms with Crippen LogP contribution in [0.5, 0.6) is 0 Å². The number of carboxylic acids is 1. The van der Waals surface area contributed by atoms with E-state index in [2.05, 4.69) is 5.32 Å². The lowest BCUT2D eigenvalue weighted by Crippen LogP contribution is -2.24. The molecule has 0 bridgehead atoms. The van der Waals surface area contributed by atoms with Crippen molar-refractivity contribution in [3.05, 3.63) is 28.8 Å². The fourth-order valence-corrected chi connectivity index (χ4v) is 1.41. The lowest BCUT2D eigenvalue weighted by Gasteiger charge is -2.09. The third-order valence-electron chi connectivity index (χ3n) is 1.99. The number of rotatable bonds is 4. The third-order valence-corrected chi connectivity index (χ3v) is 2.32.